The third-order valence-corrected chi connectivity index (χ3v) is 7.54. The highest BCUT2D eigenvalue weighted by Gasteiger charge is 2.41. The van der Waals surface area contributed by atoms with Gasteiger partial charge in [0.25, 0.3) is 0 Å². The second-order valence-corrected chi connectivity index (χ2v) is 10.3. The molecule has 0 bridgehead atoms. The van der Waals surface area contributed by atoms with Gasteiger partial charge in [0.15, 0.2) is 0 Å². The molecule has 3 aromatic rings. The van der Waals surface area contributed by atoms with Gasteiger partial charge in [0, 0.05) is 18.9 Å². The third kappa shape index (κ3) is 6.46. The molecule has 2 aromatic carbocycles. The van der Waals surface area contributed by atoms with E-state index in [1.165, 1.54) is 11.1 Å². The number of nitrogens with zero attached hydrogens (tertiary/aromatic N) is 3. The molecule has 3 heterocycles. The number of fused-ring (bicyclic) bond motifs is 1. The van der Waals surface area contributed by atoms with Gasteiger partial charge in [-0.15, -0.1) is 0 Å². The van der Waals surface area contributed by atoms with Crippen LogP contribution in [0.1, 0.15) is 50.2 Å². The first kappa shape index (κ1) is 25.2. The molecule has 2 aliphatic heterocycles. The van der Waals surface area contributed by atoms with E-state index in [4.69, 9.17) is 9.47 Å². The van der Waals surface area contributed by atoms with Crippen molar-refractivity contribution >= 4 is 5.91 Å². The molecule has 5 rings (SSSR count). The predicted octanol–water partition coefficient (Wildman–Crippen LogP) is 5.16. The van der Waals surface area contributed by atoms with Crippen molar-refractivity contribution < 1.29 is 14.3 Å². The monoisotopic (exact) mass is 500 g/mol. The number of piperidine rings is 1. The maximum atomic E-state index is 13.5. The van der Waals surface area contributed by atoms with E-state index in [-0.39, 0.29) is 17.4 Å². The Morgan fingerprint density at radius 2 is 1.84 bits per heavy atom. The van der Waals surface area contributed by atoms with Gasteiger partial charge in [-0.2, -0.15) is 0 Å². The summed E-state index contributed by atoms with van der Waals surface area (Å²) in [5.74, 6) is 1.86. The lowest BCUT2D eigenvalue weighted by atomic mass is 9.73. The number of hydrogen-bond acceptors (Lipinski definition) is 6. The molecule has 2 aliphatic rings. The number of nitrogens with one attached hydrogen (secondary N) is 1. The minimum Gasteiger partial charge on any atom is -0.491 e. The summed E-state index contributed by atoms with van der Waals surface area (Å²) in [4.78, 5) is 24.3. The van der Waals surface area contributed by atoms with E-state index in [0.29, 0.717) is 12.6 Å². The number of likely N-dealkylation sites (tertiary alicyclic amines) is 1. The first-order chi connectivity index (χ1) is 18.1. The molecule has 0 radical (unpaired) electrons. The Balaban J connectivity index is 1.21. The van der Waals surface area contributed by atoms with Crippen molar-refractivity contribution in [3.05, 3.63) is 78.1 Å². The van der Waals surface area contributed by atoms with Crippen LogP contribution in [0.2, 0.25) is 0 Å². The summed E-state index contributed by atoms with van der Waals surface area (Å²) < 4.78 is 11.9. The quantitative estimate of drug-likeness (QED) is 0.533. The van der Waals surface area contributed by atoms with Gasteiger partial charge >= 0.3 is 6.01 Å². The van der Waals surface area contributed by atoms with E-state index in [0.717, 1.165) is 69.7 Å². The van der Waals surface area contributed by atoms with Gasteiger partial charge in [-0.05, 0) is 87.5 Å². The van der Waals surface area contributed by atoms with Crippen molar-refractivity contribution in [2.75, 3.05) is 19.7 Å². The van der Waals surface area contributed by atoms with Crippen LogP contribution < -0.4 is 14.8 Å². The Labute approximate surface area is 219 Å². The number of hydrogen-bond donors (Lipinski definition) is 1. The predicted molar refractivity (Wildman–Crippen MR) is 143 cm³/mol. The molecule has 1 saturated heterocycles. The first-order valence-corrected chi connectivity index (χ1v) is 13.4. The van der Waals surface area contributed by atoms with E-state index < -0.39 is 0 Å². The first-order valence-electron chi connectivity index (χ1n) is 13.4. The number of aryl methyl sites for hydroxylation is 1. The fourth-order valence-electron chi connectivity index (χ4n) is 5.40. The van der Waals surface area contributed by atoms with Crippen LogP contribution in [0, 0.1) is 5.41 Å². The lowest BCUT2D eigenvalue weighted by Crippen LogP contribution is -2.51. The number of carbonyl (C=O) groups is 1. The number of rotatable bonds is 4. The minimum atomic E-state index is -0.306. The number of amides is 1. The molecule has 0 unspecified atom stereocenters. The Kier molecular flexibility index (Phi) is 7.99. The lowest BCUT2D eigenvalue weighted by molar-refractivity contribution is -0.135. The van der Waals surface area contributed by atoms with E-state index >= 15 is 0 Å². The largest absolute Gasteiger partial charge is 0.491 e. The number of ether oxygens (including phenoxy) is 2. The zero-order valence-corrected chi connectivity index (χ0v) is 21.6. The molecule has 1 spiro atoms. The van der Waals surface area contributed by atoms with Crippen LogP contribution in [-0.4, -0.2) is 46.5 Å². The highest BCUT2D eigenvalue weighted by Crippen LogP contribution is 2.38. The molecule has 194 valence electrons. The molecule has 1 aromatic heterocycles. The molecule has 1 fully saturated rings. The van der Waals surface area contributed by atoms with E-state index in [9.17, 15) is 4.79 Å². The van der Waals surface area contributed by atoms with E-state index in [1.807, 2.05) is 37.3 Å². The standard InChI is InChI=1S/C30H36N4O3/c1-23-22-36-27-12-3-2-9-25(27)10-4-5-13-30(28(35)33-23)14-18-34(19-15-30)21-24-8-6-11-26(20-24)37-29-31-16-7-17-32-29/h2-3,6-9,11-12,16-17,20,23H,4-5,10,13-15,18-19,21-22H2,1H3,(H,33,35)/t23-/m1/s1. The van der Waals surface area contributed by atoms with Crippen molar-refractivity contribution in [2.24, 2.45) is 5.41 Å². The highest BCUT2D eigenvalue weighted by atomic mass is 16.5. The SMILES string of the molecule is C[C@@H]1COc2ccccc2CCCCC2(CCN(Cc3cccc(Oc4ncccn4)c3)CC2)C(=O)N1. The third-order valence-electron chi connectivity index (χ3n) is 7.54. The molecular weight excluding hydrogens is 464 g/mol. The number of carbonyl (C=O) groups excluding carboxylic acids is 1. The smallest absolute Gasteiger partial charge is 0.321 e. The zero-order chi connectivity index (χ0) is 25.5. The molecular formula is C30H36N4O3. The molecule has 7 heteroatoms. The van der Waals surface area contributed by atoms with Gasteiger partial charge in [0.05, 0.1) is 11.5 Å². The van der Waals surface area contributed by atoms with Crippen molar-refractivity contribution in [1.29, 1.82) is 0 Å². The fourth-order valence-corrected chi connectivity index (χ4v) is 5.40. The minimum absolute atomic E-state index is 0.0359. The van der Waals surface area contributed by atoms with Crippen molar-refractivity contribution in [2.45, 2.75) is 58.0 Å². The van der Waals surface area contributed by atoms with Crippen LogP contribution in [0.5, 0.6) is 17.5 Å². The average Bonchev–Trinajstić information content (AvgIpc) is 2.92. The molecule has 37 heavy (non-hydrogen) atoms. The summed E-state index contributed by atoms with van der Waals surface area (Å²) in [5, 5.41) is 3.27. The van der Waals surface area contributed by atoms with Gasteiger partial charge in [0.2, 0.25) is 5.91 Å². The van der Waals surface area contributed by atoms with Gasteiger partial charge in [-0.25, -0.2) is 9.97 Å². The molecule has 7 nitrogen and oxygen atoms in total. The van der Waals surface area contributed by atoms with Crippen molar-refractivity contribution in [1.82, 2.24) is 20.2 Å². The van der Waals surface area contributed by atoms with E-state index in [2.05, 4.69) is 38.4 Å². The fraction of sp³-hybridized carbons (Fsp3) is 0.433. The molecule has 0 aliphatic carbocycles. The van der Waals surface area contributed by atoms with E-state index in [1.54, 1.807) is 18.5 Å². The highest BCUT2D eigenvalue weighted by molar-refractivity contribution is 5.83. The van der Waals surface area contributed by atoms with Gasteiger partial charge in [0.1, 0.15) is 18.1 Å². The van der Waals surface area contributed by atoms with Crippen LogP contribution in [0.3, 0.4) is 0 Å². The summed E-state index contributed by atoms with van der Waals surface area (Å²) >= 11 is 0. The maximum Gasteiger partial charge on any atom is 0.321 e. The average molecular weight is 501 g/mol. The number of benzene rings is 2. The van der Waals surface area contributed by atoms with Gasteiger partial charge < -0.3 is 14.8 Å². The Hall–Kier alpha value is -3.45. The zero-order valence-electron chi connectivity index (χ0n) is 21.6. The molecule has 0 saturated carbocycles. The van der Waals surface area contributed by atoms with Gasteiger partial charge in [-0.1, -0.05) is 36.8 Å². The number of para-hydroxylation sites is 1. The Morgan fingerprint density at radius 3 is 2.68 bits per heavy atom. The Bertz CT molecular complexity index is 1180. The summed E-state index contributed by atoms with van der Waals surface area (Å²) in [6, 6.07) is 18.4. The van der Waals surface area contributed by atoms with Crippen LogP contribution >= 0.6 is 0 Å². The summed E-state index contributed by atoms with van der Waals surface area (Å²) in [5.41, 5.74) is 2.13. The van der Waals surface area contributed by atoms with Crippen LogP contribution in [0.15, 0.2) is 67.0 Å². The van der Waals surface area contributed by atoms with Crippen LogP contribution in [-0.2, 0) is 17.8 Å². The van der Waals surface area contributed by atoms with Crippen LogP contribution in [0.4, 0.5) is 0 Å². The number of aromatic nitrogens is 2. The molecule has 1 atom stereocenters. The molecule has 1 N–H and O–H groups in total. The summed E-state index contributed by atoms with van der Waals surface area (Å²) in [6.07, 6.45) is 9.10. The second-order valence-electron chi connectivity index (χ2n) is 10.3. The van der Waals surface area contributed by atoms with Crippen LogP contribution in [0.25, 0.3) is 0 Å². The lowest BCUT2D eigenvalue weighted by Gasteiger charge is -2.41. The summed E-state index contributed by atoms with van der Waals surface area (Å²) in [7, 11) is 0. The maximum absolute atomic E-state index is 13.5. The molecule has 1 amide bonds. The normalized spacial score (nSPS) is 20.6. The second kappa shape index (κ2) is 11.7. The van der Waals surface area contributed by atoms with Gasteiger partial charge in [-0.3, -0.25) is 9.69 Å². The topological polar surface area (TPSA) is 76.6 Å². The van der Waals surface area contributed by atoms with Crippen molar-refractivity contribution in [3.8, 4) is 17.5 Å². The Morgan fingerprint density at radius 1 is 1.03 bits per heavy atom. The van der Waals surface area contributed by atoms with Crippen molar-refractivity contribution in [3.63, 3.8) is 0 Å². The summed E-state index contributed by atoms with van der Waals surface area (Å²) in [6.45, 7) is 5.13.